The number of benzene rings is 1. The Morgan fingerprint density at radius 2 is 1.92 bits per heavy atom. The van der Waals surface area contributed by atoms with E-state index in [1.54, 1.807) is 0 Å². The average molecular weight is 340 g/mol. The molecule has 2 heterocycles. The van der Waals surface area contributed by atoms with E-state index >= 15 is 0 Å². The third-order valence-corrected chi connectivity index (χ3v) is 5.33. The minimum Gasteiger partial charge on any atom is -0.334 e. The van der Waals surface area contributed by atoms with Crippen LogP contribution in [0.15, 0.2) is 22.7 Å². The number of nitrogens with one attached hydrogen (secondary N) is 1. The molecule has 6 nitrogen and oxygen atoms in total. The topological polar surface area (TPSA) is 94.0 Å². The van der Waals surface area contributed by atoms with Crippen LogP contribution in [0.3, 0.4) is 0 Å². The summed E-state index contributed by atoms with van der Waals surface area (Å²) in [7, 11) is 0. The second-order valence-corrected chi connectivity index (χ2v) is 7.15. The van der Waals surface area contributed by atoms with E-state index in [1.807, 2.05) is 18.2 Å². The Hall–Kier alpha value is -2.21. The zero-order chi connectivity index (χ0) is 17.2. The Bertz CT molecular complexity index is 763. The van der Waals surface area contributed by atoms with Gasteiger partial charge in [-0.3, -0.25) is 4.79 Å². The number of hydrogen-bond acceptors (Lipinski definition) is 5. The molecular formula is C19H24N4O2. The Balaban J connectivity index is 1.57. The van der Waals surface area contributed by atoms with Gasteiger partial charge in [0.15, 0.2) is 5.82 Å². The minimum atomic E-state index is -0.457. The Labute approximate surface area is 147 Å². The molecule has 1 saturated carbocycles. The van der Waals surface area contributed by atoms with Crippen LogP contribution in [-0.2, 0) is 11.2 Å². The quantitative estimate of drug-likeness (QED) is 0.817. The van der Waals surface area contributed by atoms with Crippen molar-refractivity contribution in [1.82, 2.24) is 10.1 Å². The van der Waals surface area contributed by atoms with Crippen molar-refractivity contribution in [2.24, 2.45) is 5.73 Å². The lowest BCUT2D eigenvalue weighted by molar-refractivity contribution is -0.117. The maximum Gasteiger partial charge on any atom is 0.257 e. The van der Waals surface area contributed by atoms with Crippen molar-refractivity contribution in [3.63, 3.8) is 0 Å². The zero-order valence-electron chi connectivity index (χ0n) is 14.3. The molecule has 3 N–H and O–H groups in total. The number of carbonyl (C=O) groups excluding carboxylic acids is 1. The number of amides is 1. The molecule has 4 rings (SSSR count). The highest BCUT2D eigenvalue weighted by Crippen LogP contribution is 2.32. The van der Waals surface area contributed by atoms with Gasteiger partial charge in [-0.25, -0.2) is 0 Å². The summed E-state index contributed by atoms with van der Waals surface area (Å²) in [5, 5.41) is 7.12. The molecule has 0 saturated heterocycles. The van der Waals surface area contributed by atoms with Crippen LogP contribution in [0.1, 0.15) is 62.3 Å². The van der Waals surface area contributed by atoms with Crippen LogP contribution in [0.2, 0.25) is 0 Å². The van der Waals surface area contributed by atoms with Gasteiger partial charge < -0.3 is 15.6 Å². The Morgan fingerprint density at radius 1 is 1.12 bits per heavy atom. The van der Waals surface area contributed by atoms with Crippen LogP contribution >= 0.6 is 0 Å². The lowest BCUT2D eigenvalue weighted by Gasteiger charge is -2.08. The highest BCUT2D eigenvalue weighted by Gasteiger charge is 2.23. The summed E-state index contributed by atoms with van der Waals surface area (Å²) in [6.45, 7) is 0. The van der Waals surface area contributed by atoms with E-state index in [1.165, 1.54) is 25.7 Å². The van der Waals surface area contributed by atoms with Gasteiger partial charge in [0.25, 0.3) is 5.89 Å². The molecule has 0 bridgehead atoms. The van der Waals surface area contributed by atoms with Crippen molar-refractivity contribution >= 4 is 11.6 Å². The molecule has 1 aromatic heterocycles. The summed E-state index contributed by atoms with van der Waals surface area (Å²) in [6.07, 6.45) is 8.78. The van der Waals surface area contributed by atoms with Gasteiger partial charge >= 0.3 is 0 Å². The van der Waals surface area contributed by atoms with Crippen molar-refractivity contribution in [3.05, 3.63) is 29.6 Å². The van der Waals surface area contributed by atoms with Gasteiger partial charge in [0.1, 0.15) is 0 Å². The monoisotopic (exact) mass is 340 g/mol. The van der Waals surface area contributed by atoms with Crippen molar-refractivity contribution in [2.45, 2.75) is 63.3 Å². The number of nitrogens with zero attached hydrogens (tertiary/aromatic N) is 2. The van der Waals surface area contributed by atoms with Gasteiger partial charge in [-0.2, -0.15) is 4.98 Å². The van der Waals surface area contributed by atoms with Crippen LogP contribution in [0, 0.1) is 0 Å². The SMILES string of the molecule is NC1CCc2cc(-c3nc(C4CCCCCC4)no3)ccc2NC1=O. The molecule has 1 atom stereocenters. The van der Waals surface area contributed by atoms with Crippen LogP contribution in [0.4, 0.5) is 5.69 Å². The van der Waals surface area contributed by atoms with Crippen molar-refractivity contribution in [1.29, 1.82) is 0 Å². The molecule has 1 fully saturated rings. The number of carbonyl (C=O) groups is 1. The second kappa shape index (κ2) is 6.96. The van der Waals surface area contributed by atoms with E-state index < -0.39 is 6.04 Å². The van der Waals surface area contributed by atoms with Crippen molar-refractivity contribution in [2.75, 3.05) is 5.32 Å². The first kappa shape index (κ1) is 16.3. The van der Waals surface area contributed by atoms with E-state index in [4.69, 9.17) is 10.3 Å². The average Bonchev–Trinajstić information content (AvgIpc) is 2.88. The van der Waals surface area contributed by atoms with Gasteiger partial charge in [-0.05, 0) is 49.4 Å². The Kier molecular flexibility index (Phi) is 4.53. The highest BCUT2D eigenvalue weighted by atomic mass is 16.5. The molecule has 2 aromatic rings. The van der Waals surface area contributed by atoms with E-state index in [2.05, 4.69) is 15.5 Å². The maximum atomic E-state index is 11.9. The molecular weight excluding hydrogens is 316 g/mol. The number of fused-ring (bicyclic) bond motifs is 1. The van der Waals surface area contributed by atoms with Gasteiger partial charge in [0.2, 0.25) is 5.91 Å². The second-order valence-electron chi connectivity index (χ2n) is 7.15. The lowest BCUT2D eigenvalue weighted by atomic mass is 10.00. The van der Waals surface area contributed by atoms with E-state index in [-0.39, 0.29) is 5.91 Å². The molecule has 2 aliphatic rings. The smallest absolute Gasteiger partial charge is 0.257 e. The van der Waals surface area contributed by atoms with Crippen LogP contribution in [0.25, 0.3) is 11.5 Å². The molecule has 1 unspecified atom stereocenters. The van der Waals surface area contributed by atoms with Crippen molar-refractivity contribution < 1.29 is 9.32 Å². The van der Waals surface area contributed by atoms with Gasteiger partial charge in [-0.1, -0.05) is 30.8 Å². The third kappa shape index (κ3) is 3.44. The molecule has 1 aliphatic carbocycles. The predicted octanol–water partition coefficient (Wildman–Crippen LogP) is 3.39. The number of hydrogen-bond donors (Lipinski definition) is 2. The van der Waals surface area contributed by atoms with Crippen LogP contribution < -0.4 is 11.1 Å². The molecule has 0 radical (unpaired) electrons. The molecule has 1 aliphatic heterocycles. The molecule has 132 valence electrons. The largest absolute Gasteiger partial charge is 0.334 e. The summed E-state index contributed by atoms with van der Waals surface area (Å²) in [4.78, 5) is 16.5. The summed E-state index contributed by atoms with van der Waals surface area (Å²) in [6, 6.07) is 5.38. The lowest BCUT2D eigenvalue weighted by Crippen LogP contribution is -2.34. The molecule has 25 heavy (non-hydrogen) atoms. The first-order valence-electron chi connectivity index (χ1n) is 9.24. The molecule has 1 aromatic carbocycles. The maximum absolute atomic E-state index is 11.9. The van der Waals surface area contributed by atoms with Gasteiger partial charge in [0.05, 0.1) is 6.04 Å². The van der Waals surface area contributed by atoms with Crippen LogP contribution in [-0.4, -0.2) is 22.1 Å². The minimum absolute atomic E-state index is 0.125. The predicted molar refractivity (Wildman–Crippen MR) is 95.1 cm³/mol. The van der Waals surface area contributed by atoms with E-state index in [9.17, 15) is 4.79 Å². The normalized spacial score (nSPS) is 22.0. The fourth-order valence-electron chi connectivity index (χ4n) is 3.78. The fourth-order valence-corrected chi connectivity index (χ4v) is 3.78. The van der Waals surface area contributed by atoms with Crippen molar-refractivity contribution in [3.8, 4) is 11.5 Å². The molecule has 1 amide bonds. The summed E-state index contributed by atoms with van der Waals surface area (Å²) in [5.41, 5.74) is 8.64. The molecule has 6 heteroatoms. The highest BCUT2D eigenvalue weighted by molar-refractivity contribution is 5.96. The Morgan fingerprint density at radius 3 is 2.72 bits per heavy atom. The van der Waals surface area contributed by atoms with E-state index in [0.29, 0.717) is 18.2 Å². The number of rotatable bonds is 2. The first-order chi connectivity index (χ1) is 12.2. The number of anilines is 1. The summed E-state index contributed by atoms with van der Waals surface area (Å²) >= 11 is 0. The van der Waals surface area contributed by atoms with E-state index in [0.717, 1.165) is 41.9 Å². The molecule has 0 spiro atoms. The summed E-state index contributed by atoms with van der Waals surface area (Å²) in [5.74, 6) is 1.68. The van der Waals surface area contributed by atoms with Gasteiger partial charge in [-0.15, -0.1) is 0 Å². The fraction of sp³-hybridized carbons (Fsp3) is 0.526. The summed E-state index contributed by atoms with van der Waals surface area (Å²) < 4.78 is 5.54. The number of nitrogens with two attached hydrogens (primary N) is 1. The number of aromatic nitrogens is 2. The zero-order valence-corrected chi connectivity index (χ0v) is 14.3. The standard InChI is InChI=1S/C19H24N4O2/c20-15-9-7-13-11-14(8-10-16(13)21-18(15)24)19-22-17(23-25-19)12-5-3-1-2-4-6-12/h8,10-12,15H,1-7,9,20H2,(H,21,24). The third-order valence-electron chi connectivity index (χ3n) is 5.33. The van der Waals surface area contributed by atoms with Crippen LogP contribution in [0.5, 0.6) is 0 Å². The van der Waals surface area contributed by atoms with Gasteiger partial charge in [0, 0.05) is 17.2 Å². The first-order valence-corrected chi connectivity index (χ1v) is 9.24. The number of aryl methyl sites for hydroxylation is 1.